The summed E-state index contributed by atoms with van der Waals surface area (Å²) in [5.41, 5.74) is 1.31. The number of nitrogens with zero attached hydrogens (tertiary/aromatic N) is 2. The van der Waals surface area contributed by atoms with Crippen molar-refractivity contribution in [2.24, 2.45) is 0 Å². The predicted octanol–water partition coefficient (Wildman–Crippen LogP) is 3.80. The fourth-order valence-electron chi connectivity index (χ4n) is 3.82. The van der Waals surface area contributed by atoms with Crippen LogP contribution in [-0.4, -0.2) is 41.6 Å². The molecule has 0 saturated heterocycles. The van der Waals surface area contributed by atoms with E-state index in [2.05, 4.69) is 24.1 Å². The third-order valence-electron chi connectivity index (χ3n) is 5.17. The number of carbonyl (C=O) groups excluding carboxylic acids is 2. The highest BCUT2D eigenvalue weighted by molar-refractivity contribution is 7.16. The Morgan fingerprint density at radius 1 is 1.21 bits per heavy atom. The first kappa shape index (κ1) is 19.7. The Bertz CT molecular complexity index is 921. The van der Waals surface area contributed by atoms with Crippen LogP contribution >= 0.6 is 11.3 Å². The Labute approximate surface area is 174 Å². The number of ether oxygens (including phenoxy) is 2. The van der Waals surface area contributed by atoms with Crippen molar-refractivity contribution >= 4 is 28.3 Å². The number of carbonyl (C=O) groups is 2. The van der Waals surface area contributed by atoms with Crippen LogP contribution in [0.4, 0.5) is 5.13 Å². The van der Waals surface area contributed by atoms with E-state index in [-0.39, 0.29) is 24.5 Å². The van der Waals surface area contributed by atoms with Gasteiger partial charge in [-0.2, -0.15) is 0 Å². The van der Waals surface area contributed by atoms with Crippen molar-refractivity contribution in [1.29, 1.82) is 0 Å². The normalized spacial score (nSPS) is 16.6. The van der Waals surface area contributed by atoms with Crippen molar-refractivity contribution in [3.05, 3.63) is 34.3 Å². The van der Waals surface area contributed by atoms with Crippen LogP contribution in [0.1, 0.15) is 60.0 Å². The van der Waals surface area contributed by atoms with Gasteiger partial charge in [0.15, 0.2) is 16.6 Å². The van der Waals surface area contributed by atoms with Gasteiger partial charge in [0.2, 0.25) is 12.7 Å². The number of nitrogens with one attached hydrogen (secondary N) is 1. The van der Waals surface area contributed by atoms with Gasteiger partial charge in [0, 0.05) is 23.5 Å². The van der Waals surface area contributed by atoms with Crippen molar-refractivity contribution in [2.45, 2.75) is 45.4 Å². The molecule has 0 radical (unpaired) electrons. The van der Waals surface area contributed by atoms with E-state index in [1.807, 2.05) is 4.90 Å². The minimum atomic E-state index is -0.253. The molecule has 8 heteroatoms. The predicted molar refractivity (Wildman–Crippen MR) is 111 cm³/mol. The molecule has 0 bridgehead atoms. The number of anilines is 1. The van der Waals surface area contributed by atoms with E-state index in [4.69, 9.17) is 9.47 Å². The fourth-order valence-corrected chi connectivity index (χ4v) is 4.85. The number of fused-ring (bicyclic) bond motifs is 2. The molecule has 2 aromatic rings. The van der Waals surface area contributed by atoms with Crippen molar-refractivity contribution in [1.82, 2.24) is 9.88 Å². The van der Waals surface area contributed by atoms with E-state index >= 15 is 0 Å². The zero-order valence-electron chi connectivity index (χ0n) is 16.7. The molecule has 29 heavy (non-hydrogen) atoms. The molecular weight excluding hydrogens is 390 g/mol. The molecule has 1 aromatic carbocycles. The second kappa shape index (κ2) is 8.41. The lowest BCUT2D eigenvalue weighted by Crippen LogP contribution is -2.36. The zero-order valence-corrected chi connectivity index (χ0v) is 17.5. The van der Waals surface area contributed by atoms with E-state index in [1.165, 1.54) is 11.3 Å². The van der Waals surface area contributed by atoms with Crippen molar-refractivity contribution in [2.75, 3.05) is 25.2 Å². The Hall–Kier alpha value is -2.61. The maximum Gasteiger partial charge on any atom is 0.257 e. The number of aryl methyl sites for hydroxylation is 1. The Balaban J connectivity index is 1.47. The van der Waals surface area contributed by atoms with Crippen LogP contribution in [0, 0.1) is 0 Å². The standard InChI is InChI=1S/C21H25N3O4S/c1-3-9-24(10-4-2)20(26)14-6-8-17-18(14)22-21(29-17)23-19(25)13-5-7-15-16(11-13)28-12-27-15/h5,7,11,14H,3-4,6,8-10,12H2,1-2H3,(H,22,23,25). The van der Waals surface area contributed by atoms with Gasteiger partial charge in [0.1, 0.15) is 0 Å². The second-order valence-electron chi connectivity index (χ2n) is 7.27. The number of thiazole rings is 1. The molecule has 1 aliphatic carbocycles. The first-order valence-electron chi connectivity index (χ1n) is 10.1. The fraction of sp³-hybridized carbons (Fsp3) is 0.476. The summed E-state index contributed by atoms with van der Waals surface area (Å²) in [4.78, 5) is 33.3. The molecule has 2 heterocycles. The molecule has 154 valence electrons. The van der Waals surface area contributed by atoms with Crippen LogP contribution in [0.2, 0.25) is 0 Å². The summed E-state index contributed by atoms with van der Waals surface area (Å²) < 4.78 is 10.6. The third-order valence-corrected chi connectivity index (χ3v) is 6.22. The molecule has 1 N–H and O–H groups in total. The van der Waals surface area contributed by atoms with E-state index < -0.39 is 0 Å². The van der Waals surface area contributed by atoms with Gasteiger partial charge >= 0.3 is 0 Å². The summed E-state index contributed by atoms with van der Waals surface area (Å²) in [6, 6.07) is 5.09. The van der Waals surface area contributed by atoms with Gasteiger partial charge in [0.25, 0.3) is 5.91 Å². The Morgan fingerprint density at radius 2 is 1.97 bits per heavy atom. The quantitative estimate of drug-likeness (QED) is 0.744. The largest absolute Gasteiger partial charge is 0.454 e. The summed E-state index contributed by atoms with van der Waals surface area (Å²) >= 11 is 1.46. The van der Waals surface area contributed by atoms with Crippen LogP contribution in [0.3, 0.4) is 0 Å². The van der Waals surface area contributed by atoms with Crippen LogP contribution in [0.15, 0.2) is 18.2 Å². The summed E-state index contributed by atoms with van der Waals surface area (Å²) in [5.74, 6) is 0.913. The molecule has 0 spiro atoms. The van der Waals surface area contributed by atoms with Crippen LogP contribution < -0.4 is 14.8 Å². The molecule has 2 aliphatic rings. The van der Waals surface area contributed by atoms with Crippen molar-refractivity contribution < 1.29 is 19.1 Å². The summed E-state index contributed by atoms with van der Waals surface area (Å²) in [7, 11) is 0. The smallest absolute Gasteiger partial charge is 0.257 e. The minimum Gasteiger partial charge on any atom is -0.454 e. The number of amides is 2. The van der Waals surface area contributed by atoms with Crippen LogP contribution in [-0.2, 0) is 11.2 Å². The summed E-state index contributed by atoms with van der Waals surface area (Å²) in [5, 5.41) is 3.40. The molecule has 0 fully saturated rings. The second-order valence-corrected chi connectivity index (χ2v) is 8.35. The number of rotatable bonds is 7. The van der Waals surface area contributed by atoms with Crippen molar-refractivity contribution in [3.63, 3.8) is 0 Å². The van der Waals surface area contributed by atoms with E-state index in [0.717, 1.165) is 49.3 Å². The lowest BCUT2D eigenvalue weighted by atomic mass is 10.1. The van der Waals surface area contributed by atoms with E-state index in [9.17, 15) is 9.59 Å². The van der Waals surface area contributed by atoms with E-state index in [0.29, 0.717) is 22.2 Å². The Morgan fingerprint density at radius 3 is 2.72 bits per heavy atom. The Kier molecular flexibility index (Phi) is 5.71. The lowest BCUT2D eigenvalue weighted by molar-refractivity contribution is -0.133. The van der Waals surface area contributed by atoms with Crippen LogP contribution in [0.25, 0.3) is 0 Å². The zero-order chi connectivity index (χ0) is 20.4. The molecule has 0 saturated carbocycles. The van der Waals surface area contributed by atoms with Crippen LogP contribution in [0.5, 0.6) is 11.5 Å². The SMILES string of the molecule is CCCN(CCC)C(=O)C1CCc2sc(NC(=O)c3ccc4c(c3)OCO4)nc21. The molecule has 1 unspecified atom stereocenters. The van der Waals surface area contributed by atoms with Gasteiger partial charge in [-0.1, -0.05) is 13.8 Å². The van der Waals surface area contributed by atoms with Gasteiger partial charge in [-0.15, -0.1) is 11.3 Å². The average molecular weight is 416 g/mol. The highest BCUT2D eigenvalue weighted by Gasteiger charge is 2.35. The average Bonchev–Trinajstić information content (AvgIpc) is 3.42. The lowest BCUT2D eigenvalue weighted by Gasteiger charge is -2.24. The van der Waals surface area contributed by atoms with Gasteiger partial charge in [0.05, 0.1) is 11.6 Å². The molecule has 4 rings (SSSR count). The monoisotopic (exact) mass is 415 g/mol. The summed E-state index contributed by atoms with van der Waals surface area (Å²) in [6.07, 6.45) is 3.52. The highest BCUT2D eigenvalue weighted by atomic mass is 32.1. The van der Waals surface area contributed by atoms with Crippen molar-refractivity contribution in [3.8, 4) is 11.5 Å². The topological polar surface area (TPSA) is 80.8 Å². The van der Waals surface area contributed by atoms with Gasteiger partial charge in [-0.25, -0.2) is 4.98 Å². The number of hydrogen-bond acceptors (Lipinski definition) is 6. The molecule has 1 atom stereocenters. The molecule has 7 nitrogen and oxygen atoms in total. The first-order chi connectivity index (χ1) is 14.1. The maximum absolute atomic E-state index is 13.0. The minimum absolute atomic E-state index is 0.159. The highest BCUT2D eigenvalue weighted by Crippen LogP contribution is 2.39. The molecule has 1 aromatic heterocycles. The van der Waals surface area contributed by atoms with Gasteiger partial charge < -0.3 is 14.4 Å². The summed E-state index contributed by atoms with van der Waals surface area (Å²) in [6.45, 7) is 5.89. The molecule has 1 aliphatic heterocycles. The number of hydrogen-bond donors (Lipinski definition) is 1. The third kappa shape index (κ3) is 3.94. The molecular formula is C21H25N3O4S. The maximum atomic E-state index is 13.0. The number of benzene rings is 1. The molecule has 2 amide bonds. The first-order valence-corrected chi connectivity index (χ1v) is 10.9. The van der Waals surface area contributed by atoms with Gasteiger partial charge in [-0.3, -0.25) is 14.9 Å². The number of aromatic nitrogens is 1. The van der Waals surface area contributed by atoms with Gasteiger partial charge in [-0.05, 0) is 43.9 Å². The van der Waals surface area contributed by atoms with E-state index in [1.54, 1.807) is 18.2 Å².